The molecule has 0 fully saturated rings. The topological polar surface area (TPSA) is 54.7 Å². The quantitative estimate of drug-likeness (QED) is 0.843. The summed E-state index contributed by atoms with van der Waals surface area (Å²) >= 11 is 3.47. The summed E-state index contributed by atoms with van der Waals surface area (Å²) in [7, 11) is 0. The van der Waals surface area contributed by atoms with Crippen LogP contribution in [-0.4, -0.2) is 9.97 Å². The number of halogens is 1. The number of aryl methyl sites for hydroxylation is 2. The Morgan fingerprint density at radius 1 is 1.12 bits per heavy atom. The summed E-state index contributed by atoms with van der Waals surface area (Å²) in [5.74, 6) is 0.435. The zero-order valence-electron chi connectivity index (χ0n) is 10.5. The van der Waals surface area contributed by atoms with Gasteiger partial charge in [-0.25, -0.2) is 4.98 Å². The van der Waals surface area contributed by atoms with Crippen molar-refractivity contribution in [2.45, 2.75) is 27.7 Å². The average Bonchev–Trinajstić information content (AvgIpc) is 2.56. The second-order valence-electron chi connectivity index (χ2n) is 4.42. The van der Waals surface area contributed by atoms with E-state index in [1.165, 1.54) is 27.8 Å². The van der Waals surface area contributed by atoms with Crippen LogP contribution >= 0.6 is 15.9 Å². The third-order valence-electron chi connectivity index (χ3n) is 3.28. The van der Waals surface area contributed by atoms with Crippen molar-refractivity contribution in [2.24, 2.45) is 0 Å². The molecule has 1 aromatic carbocycles. The van der Waals surface area contributed by atoms with Crippen LogP contribution in [0.1, 0.15) is 22.3 Å². The molecule has 2 aromatic rings. The minimum absolute atomic E-state index is 0.435. The van der Waals surface area contributed by atoms with Crippen molar-refractivity contribution in [3.8, 4) is 11.3 Å². The van der Waals surface area contributed by atoms with Crippen LogP contribution in [0, 0.1) is 27.7 Å². The van der Waals surface area contributed by atoms with Crippen molar-refractivity contribution in [2.75, 3.05) is 5.73 Å². The molecule has 0 saturated carbocycles. The Kier molecular flexibility index (Phi) is 3.00. The summed E-state index contributed by atoms with van der Waals surface area (Å²) in [6.45, 7) is 8.48. The van der Waals surface area contributed by atoms with Crippen molar-refractivity contribution in [3.05, 3.63) is 32.9 Å². The molecule has 17 heavy (non-hydrogen) atoms. The second-order valence-corrected chi connectivity index (χ2v) is 5.21. The number of nitrogens with two attached hydrogens (primary N) is 1. The Morgan fingerprint density at radius 3 is 2.06 bits per heavy atom. The summed E-state index contributed by atoms with van der Waals surface area (Å²) in [4.78, 5) is 7.34. The maximum absolute atomic E-state index is 5.70. The van der Waals surface area contributed by atoms with Crippen molar-refractivity contribution >= 4 is 21.9 Å². The Hall–Kier alpha value is -1.29. The highest BCUT2D eigenvalue weighted by Crippen LogP contribution is 2.34. The molecular weight excluding hydrogens is 278 g/mol. The first-order valence-electron chi connectivity index (χ1n) is 5.50. The molecule has 0 saturated heterocycles. The van der Waals surface area contributed by atoms with E-state index in [2.05, 4.69) is 59.7 Å². The van der Waals surface area contributed by atoms with E-state index >= 15 is 0 Å². The third-order valence-corrected chi connectivity index (χ3v) is 3.85. The van der Waals surface area contributed by atoms with Gasteiger partial charge in [0.1, 0.15) is 10.3 Å². The van der Waals surface area contributed by atoms with E-state index in [4.69, 9.17) is 5.73 Å². The minimum atomic E-state index is 0.435. The summed E-state index contributed by atoms with van der Waals surface area (Å²) in [6.07, 6.45) is 0. The van der Waals surface area contributed by atoms with Crippen LogP contribution in [0.4, 0.5) is 5.95 Å². The Labute approximate surface area is 110 Å². The first kappa shape index (κ1) is 12.2. The SMILES string of the molecule is Cc1cc(C)c(C)c(-c2nc(N)[nH]c2Br)c1C. The van der Waals surface area contributed by atoms with Crippen molar-refractivity contribution in [1.82, 2.24) is 9.97 Å². The molecule has 3 nitrogen and oxygen atoms in total. The molecule has 4 heteroatoms. The van der Waals surface area contributed by atoms with Gasteiger partial charge in [0.05, 0.1) is 0 Å². The molecule has 0 radical (unpaired) electrons. The van der Waals surface area contributed by atoms with Gasteiger partial charge in [-0.3, -0.25) is 0 Å². The molecule has 90 valence electrons. The average molecular weight is 294 g/mol. The number of hydrogen-bond donors (Lipinski definition) is 2. The lowest BCUT2D eigenvalue weighted by atomic mass is 9.93. The second kappa shape index (κ2) is 4.18. The first-order valence-corrected chi connectivity index (χ1v) is 6.30. The minimum Gasteiger partial charge on any atom is -0.369 e. The number of benzene rings is 1. The molecule has 3 N–H and O–H groups in total. The standard InChI is InChI=1S/C13H16BrN3/c1-6-5-7(2)9(4)10(8(6)3)11-12(14)17-13(15)16-11/h5H,1-4H3,(H3,15,16,17). The molecule has 0 bridgehead atoms. The van der Waals surface area contributed by atoms with Gasteiger partial charge in [0.2, 0.25) is 0 Å². The van der Waals surface area contributed by atoms with E-state index in [0.717, 1.165) is 10.3 Å². The predicted octanol–water partition coefficient (Wildman–Crippen LogP) is 3.66. The number of nitrogens with one attached hydrogen (secondary N) is 1. The molecule has 0 spiro atoms. The molecule has 1 heterocycles. The molecule has 0 unspecified atom stereocenters. The zero-order valence-corrected chi connectivity index (χ0v) is 12.1. The van der Waals surface area contributed by atoms with Gasteiger partial charge in [0, 0.05) is 5.56 Å². The van der Waals surface area contributed by atoms with Crippen molar-refractivity contribution in [1.29, 1.82) is 0 Å². The van der Waals surface area contributed by atoms with Crippen molar-refractivity contribution < 1.29 is 0 Å². The molecular formula is C13H16BrN3. The molecule has 0 aliphatic heterocycles. The van der Waals surface area contributed by atoms with Crippen LogP contribution in [0.3, 0.4) is 0 Å². The number of nitrogens with zero attached hydrogens (tertiary/aromatic N) is 1. The summed E-state index contributed by atoms with van der Waals surface area (Å²) in [5, 5.41) is 0. The molecule has 0 aliphatic carbocycles. The van der Waals surface area contributed by atoms with E-state index in [9.17, 15) is 0 Å². The van der Waals surface area contributed by atoms with Gasteiger partial charge in [0.25, 0.3) is 0 Å². The van der Waals surface area contributed by atoms with Gasteiger partial charge in [-0.05, 0) is 65.9 Å². The van der Waals surface area contributed by atoms with Gasteiger partial charge in [-0.15, -0.1) is 0 Å². The number of hydrogen-bond acceptors (Lipinski definition) is 2. The fourth-order valence-electron chi connectivity index (χ4n) is 2.11. The molecule has 1 aromatic heterocycles. The fraction of sp³-hybridized carbons (Fsp3) is 0.308. The highest BCUT2D eigenvalue weighted by atomic mass is 79.9. The maximum atomic E-state index is 5.70. The van der Waals surface area contributed by atoms with Gasteiger partial charge in [0.15, 0.2) is 5.95 Å². The largest absolute Gasteiger partial charge is 0.369 e. The lowest BCUT2D eigenvalue weighted by molar-refractivity contribution is 1.23. The van der Waals surface area contributed by atoms with Gasteiger partial charge < -0.3 is 10.7 Å². The highest BCUT2D eigenvalue weighted by Gasteiger charge is 2.16. The first-order chi connectivity index (χ1) is 7.91. The fourth-order valence-corrected chi connectivity index (χ4v) is 2.60. The van der Waals surface area contributed by atoms with E-state index in [0.29, 0.717) is 5.95 Å². The van der Waals surface area contributed by atoms with Crippen LogP contribution in [0.25, 0.3) is 11.3 Å². The van der Waals surface area contributed by atoms with Crippen LogP contribution in [0.2, 0.25) is 0 Å². The summed E-state index contributed by atoms with van der Waals surface area (Å²) in [6, 6.07) is 2.21. The zero-order chi connectivity index (χ0) is 12.7. The van der Waals surface area contributed by atoms with Gasteiger partial charge in [-0.1, -0.05) is 6.07 Å². The third kappa shape index (κ3) is 1.97. The molecule has 2 rings (SSSR count). The Morgan fingerprint density at radius 2 is 1.65 bits per heavy atom. The number of aromatic amines is 1. The number of aromatic nitrogens is 2. The lowest BCUT2D eigenvalue weighted by Gasteiger charge is -2.13. The van der Waals surface area contributed by atoms with E-state index < -0.39 is 0 Å². The van der Waals surface area contributed by atoms with Crippen LogP contribution in [0.15, 0.2) is 10.7 Å². The smallest absolute Gasteiger partial charge is 0.198 e. The Bertz CT molecular complexity index is 559. The van der Waals surface area contributed by atoms with E-state index in [-0.39, 0.29) is 0 Å². The number of anilines is 1. The number of rotatable bonds is 1. The lowest BCUT2D eigenvalue weighted by Crippen LogP contribution is -1.96. The van der Waals surface area contributed by atoms with Crippen molar-refractivity contribution in [3.63, 3.8) is 0 Å². The number of imidazole rings is 1. The number of nitrogen functional groups attached to an aromatic ring is 1. The molecule has 0 amide bonds. The van der Waals surface area contributed by atoms with Crippen LogP contribution in [-0.2, 0) is 0 Å². The van der Waals surface area contributed by atoms with Crippen LogP contribution in [0.5, 0.6) is 0 Å². The number of H-pyrrole nitrogens is 1. The highest BCUT2D eigenvalue weighted by molar-refractivity contribution is 9.10. The maximum Gasteiger partial charge on any atom is 0.198 e. The summed E-state index contributed by atoms with van der Waals surface area (Å²) < 4.78 is 0.839. The predicted molar refractivity (Wildman–Crippen MR) is 75.1 cm³/mol. The molecule has 0 atom stereocenters. The monoisotopic (exact) mass is 293 g/mol. The molecule has 0 aliphatic rings. The van der Waals surface area contributed by atoms with Gasteiger partial charge >= 0.3 is 0 Å². The summed E-state index contributed by atoms with van der Waals surface area (Å²) in [5.41, 5.74) is 12.8. The Balaban J connectivity index is 2.79. The van der Waals surface area contributed by atoms with E-state index in [1.807, 2.05) is 0 Å². The van der Waals surface area contributed by atoms with Gasteiger partial charge in [-0.2, -0.15) is 0 Å². The van der Waals surface area contributed by atoms with E-state index in [1.54, 1.807) is 0 Å². The normalized spacial score (nSPS) is 10.9. The van der Waals surface area contributed by atoms with Crippen LogP contribution < -0.4 is 5.73 Å².